The van der Waals surface area contributed by atoms with E-state index in [9.17, 15) is 0 Å². The number of hydrogen-bond donors (Lipinski definition) is 0. The molecule has 2 aromatic carbocycles. The lowest BCUT2D eigenvalue weighted by Gasteiger charge is -2.00. The third-order valence-electron chi connectivity index (χ3n) is 7.45. The molecule has 0 radical (unpaired) electrons. The third kappa shape index (κ3) is 4.54. The zero-order valence-electron chi connectivity index (χ0n) is 21.1. The average molecular weight is 559 g/mol. The second-order valence-corrected chi connectivity index (χ2v) is 14.5. The van der Waals surface area contributed by atoms with E-state index in [4.69, 9.17) is 4.42 Å². The summed E-state index contributed by atoms with van der Waals surface area (Å²) in [5.41, 5.74) is 0. The number of fused-ring (bicyclic) bond motifs is 7. The van der Waals surface area contributed by atoms with Gasteiger partial charge in [0.05, 0.1) is 20.5 Å². The van der Waals surface area contributed by atoms with Crippen LogP contribution in [0.1, 0.15) is 63.2 Å². The molecule has 0 N–H and O–H groups in total. The second-order valence-electron chi connectivity index (χ2n) is 10.2. The number of rotatable bonds is 10. The van der Waals surface area contributed by atoms with Crippen molar-refractivity contribution in [2.45, 2.75) is 64.7 Å². The smallest absolute Gasteiger partial charge is 0.143 e. The van der Waals surface area contributed by atoms with Gasteiger partial charge in [-0.3, -0.25) is 0 Å². The predicted molar refractivity (Wildman–Crippen MR) is 169 cm³/mol. The van der Waals surface area contributed by atoms with Gasteiger partial charge in [0.2, 0.25) is 0 Å². The van der Waals surface area contributed by atoms with E-state index in [1.165, 1.54) is 112 Å². The van der Waals surface area contributed by atoms with Crippen LogP contribution in [0.25, 0.3) is 60.4 Å². The Morgan fingerprint density at radius 1 is 0.622 bits per heavy atom. The Hall–Kier alpha value is -2.18. The number of thiophene rings is 4. The van der Waals surface area contributed by atoms with Crippen LogP contribution in [0.2, 0.25) is 0 Å². The minimum absolute atomic E-state index is 0.957. The Bertz CT molecular complexity index is 1820. The molecule has 0 saturated carbocycles. The molecule has 7 aromatic rings. The van der Waals surface area contributed by atoms with Gasteiger partial charge in [-0.15, -0.1) is 45.3 Å². The maximum Gasteiger partial charge on any atom is 0.143 e. The summed E-state index contributed by atoms with van der Waals surface area (Å²) in [5.74, 6) is 0.957. The van der Waals surface area contributed by atoms with Crippen LogP contribution in [-0.4, -0.2) is 0 Å². The quantitative estimate of drug-likeness (QED) is 0.152. The Kier molecular flexibility index (Phi) is 6.58. The van der Waals surface area contributed by atoms with Gasteiger partial charge in [0.1, 0.15) is 5.76 Å². The fourth-order valence-electron chi connectivity index (χ4n) is 5.48. The Balaban J connectivity index is 1.14. The highest BCUT2D eigenvalue weighted by molar-refractivity contribution is 7.37. The number of furan rings is 1. The van der Waals surface area contributed by atoms with Crippen molar-refractivity contribution in [1.82, 2.24) is 0 Å². The number of hydrogen-bond acceptors (Lipinski definition) is 5. The van der Waals surface area contributed by atoms with Crippen LogP contribution in [0, 0.1) is 0 Å². The maximum absolute atomic E-state index is 5.64. The van der Waals surface area contributed by atoms with E-state index < -0.39 is 0 Å². The number of aryl methyl sites for hydroxylation is 1. The van der Waals surface area contributed by atoms with E-state index in [-0.39, 0.29) is 0 Å². The lowest BCUT2D eigenvalue weighted by Crippen LogP contribution is -1.83. The van der Waals surface area contributed by atoms with E-state index in [2.05, 4.69) is 43.3 Å². The van der Waals surface area contributed by atoms with Gasteiger partial charge in [-0.2, -0.15) is 0 Å². The molecule has 0 amide bonds. The molecule has 0 aliphatic carbocycles. The van der Waals surface area contributed by atoms with Gasteiger partial charge >= 0.3 is 0 Å². The fraction of sp³-hybridized carbons (Fsp3) is 0.312. The van der Waals surface area contributed by atoms with E-state index in [1.54, 1.807) is 11.1 Å². The minimum atomic E-state index is 0.957. The van der Waals surface area contributed by atoms with Crippen LogP contribution in [0.3, 0.4) is 0 Å². The monoisotopic (exact) mass is 558 g/mol. The fourth-order valence-corrected chi connectivity index (χ4v) is 10.5. The summed E-state index contributed by atoms with van der Waals surface area (Å²) in [6.45, 7) is 2.29. The Morgan fingerprint density at radius 3 is 1.95 bits per heavy atom. The van der Waals surface area contributed by atoms with Crippen molar-refractivity contribution >= 4 is 95.1 Å². The first-order valence-electron chi connectivity index (χ1n) is 13.6. The topological polar surface area (TPSA) is 13.1 Å². The zero-order valence-corrected chi connectivity index (χ0v) is 24.4. The van der Waals surface area contributed by atoms with Crippen LogP contribution in [-0.2, 0) is 6.42 Å². The summed E-state index contributed by atoms with van der Waals surface area (Å²) in [6.07, 6.45) is 14.1. The Labute approximate surface area is 233 Å². The largest absolute Gasteiger partial charge is 0.464 e. The van der Waals surface area contributed by atoms with Crippen LogP contribution >= 0.6 is 45.3 Å². The normalized spacial score (nSPS) is 12.4. The van der Waals surface area contributed by atoms with Gasteiger partial charge in [0.25, 0.3) is 0 Å². The molecule has 5 heteroatoms. The zero-order chi connectivity index (χ0) is 24.8. The molecule has 0 bridgehead atoms. The highest BCUT2D eigenvalue weighted by atomic mass is 32.1. The van der Waals surface area contributed by atoms with E-state index in [0.29, 0.717) is 0 Å². The first-order valence-corrected chi connectivity index (χ1v) is 16.8. The van der Waals surface area contributed by atoms with Gasteiger partial charge in [-0.05, 0) is 72.1 Å². The van der Waals surface area contributed by atoms with Crippen molar-refractivity contribution in [3.63, 3.8) is 0 Å². The molecular weight excluding hydrogens is 529 g/mol. The summed E-state index contributed by atoms with van der Waals surface area (Å²) in [6, 6.07) is 18.4. The first-order chi connectivity index (χ1) is 18.3. The molecule has 0 fully saturated rings. The highest BCUT2D eigenvalue weighted by Crippen LogP contribution is 2.48. The number of unbranched alkanes of at least 4 members (excludes halogenated alkanes) is 7. The third-order valence-corrected chi connectivity index (χ3v) is 12.2. The van der Waals surface area contributed by atoms with Crippen LogP contribution in [0.4, 0.5) is 0 Å². The molecular formula is C32H30OS4. The van der Waals surface area contributed by atoms with Crippen molar-refractivity contribution in [2.75, 3.05) is 0 Å². The van der Waals surface area contributed by atoms with Gasteiger partial charge in [-0.25, -0.2) is 0 Å². The lowest BCUT2D eigenvalue weighted by molar-refractivity contribution is 0.576. The van der Waals surface area contributed by atoms with E-state index in [0.717, 1.165) is 5.76 Å². The summed E-state index contributed by atoms with van der Waals surface area (Å²) >= 11 is 7.76. The summed E-state index contributed by atoms with van der Waals surface area (Å²) in [5, 5.41) is 5.57. The van der Waals surface area contributed by atoms with Crippen LogP contribution in [0.5, 0.6) is 0 Å². The van der Waals surface area contributed by atoms with Crippen molar-refractivity contribution < 1.29 is 4.42 Å². The summed E-state index contributed by atoms with van der Waals surface area (Å²) in [7, 11) is 0. The predicted octanol–water partition coefficient (Wildman–Crippen LogP) is 12.6. The average Bonchev–Trinajstić information content (AvgIpc) is 3.71. The molecule has 5 aromatic heterocycles. The second kappa shape index (κ2) is 10.2. The van der Waals surface area contributed by atoms with Crippen LogP contribution in [0.15, 0.2) is 59.2 Å². The molecule has 188 valence electrons. The van der Waals surface area contributed by atoms with Crippen molar-refractivity contribution in [3.8, 4) is 10.6 Å². The number of benzene rings is 2. The molecule has 5 heterocycles. The molecule has 0 spiro atoms. The van der Waals surface area contributed by atoms with Gasteiger partial charge in [-0.1, -0.05) is 51.9 Å². The molecule has 1 nitrogen and oxygen atoms in total. The lowest BCUT2D eigenvalue weighted by atomic mass is 10.1. The maximum atomic E-state index is 5.64. The molecule has 0 unspecified atom stereocenters. The summed E-state index contributed by atoms with van der Waals surface area (Å²) in [4.78, 5) is 2.76. The Morgan fingerprint density at radius 2 is 1.27 bits per heavy atom. The van der Waals surface area contributed by atoms with Crippen molar-refractivity contribution in [2.24, 2.45) is 0 Å². The standard InChI is InChI=1S/C32H30OS4/c1-2-3-4-5-6-7-8-9-11-22-14-20-15-23-28(18-26(20)34-22)36-32-24-16-21-17-30(25-12-10-13-33-25)35-27(21)19-29(24)37-31(23)32/h10,12-19H,2-9,11H2,1H3. The van der Waals surface area contributed by atoms with Gasteiger partial charge in [0, 0.05) is 34.4 Å². The van der Waals surface area contributed by atoms with Gasteiger partial charge < -0.3 is 4.42 Å². The summed E-state index contributed by atoms with van der Waals surface area (Å²) < 4.78 is 14.1. The highest BCUT2D eigenvalue weighted by Gasteiger charge is 2.16. The first kappa shape index (κ1) is 23.9. The molecule has 0 aliphatic rings. The SMILES string of the molecule is CCCCCCCCCCc1cc2cc3c(cc2s1)sc1c2cc4cc(-c5ccco5)sc4cc2sc31. The molecule has 0 saturated heterocycles. The molecule has 7 rings (SSSR count). The molecule has 37 heavy (non-hydrogen) atoms. The molecule has 0 aliphatic heterocycles. The minimum Gasteiger partial charge on any atom is -0.464 e. The van der Waals surface area contributed by atoms with Crippen molar-refractivity contribution in [1.29, 1.82) is 0 Å². The molecule has 0 atom stereocenters. The van der Waals surface area contributed by atoms with Crippen molar-refractivity contribution in [3.05, 3.63) is 59.7 Å². The van der Waals surface area contributed by atoms with Gasteiger partial charge in [0.15, 0.2) is 0 Å². The van der Waals surface area contributed by atoms with Crippen LogP contribution < -0.4 is 0 Å². The van der Waals surface area contributed by atoms with E-state index in [1.807, 2.05) is 57.5 Å². The van der Waals surface area contributed by atoms with E-state index >= 15 is 0 Å².